The third-order valence-electron chi connectivity index (χ3n) is 2.07. The third-order valence-corrected chi connectivity index (χ3v) is 3.67. The summed E-state index contributed by atoms with van der Waals surface area (Å²) in [6, 6.07) is 0. The van der Waals surface area contributed by atoms with Gasteiger partial charge in [-0.3, -0.25) is 4.79 Å². The minimum absolute atomic E-state index is 0.206. The maximum absolute atomic E-state index is 13.5. The van der Waals surface area contributed by atoms with Crippen molar-refractivity contribution in [1.82, 2.24) is 0 Å². The number of halogens is 2. The van der Waals surface area contributed by atoms with Crippen LogP contribution in [0.3, 0.4) is 0 Å². The molecule has 0 amide bonds. The average Bonchev–Trinajstić information content (AvgIpc) is 2.27. The smallest absolute Gasteiger partial charge is 0.330 e. The lowest BCUT2D eigenvalue weighted by atomic mass is 10.4. The van der Waals surface area contributed by atoms with E-state index in [0.29, 0.717) is 12.8 Å². The predicted molar refractivity (Wildman–Crippen MR) is 64.3 cm³/mol. The minimum Gasteiger partial charge on any atom is -0.330 e. The predicted octanol–water partition coefficient (Wildman–Crippen LogP) is 4.11. The Kier molecular flexibility index (Phi) is 8.83. The van der Waals surface area contributed by atoms with Gasteiger partial charge in [0.05, 0.1) is 13.2 Å². The molecule has 0 aromatic heterocycles. The van der Waals surface area contributed by atoms with Crippen LogP contribution in [-0.4, -0.2) is 24.7 Å². The van der Waals surface area contributed by atoms with E-state index in [1.165, 1.54) is 0 Å². The number of ketones is 1. The number of hydrogen-bond acceptors (Lipinski definition) is 3. The van der Waals surface area contributed by atoms with Crippen molar-refractivity contribution in [3.63, 3.8) is 0 Å². The number of carbonyl (C=O) groups is 1. The van der Waals surface area contributed by atoms with Gasteiger partial charge in [0, 0.05) is 6.92 Å². The van der Waals surface area contributed by atoms with Gasteiger partial charge >= 0.3 is 5.66 Å². The molecule has 17 heavy (non-hydrogen) atoms. The Morgan fingerprint density at radius 3 is 1.82 bits per heavy atom. The van der Waals surface area contributed by atoms with Gasteiger partial charge in [-0.2, -0.15) is 8.78 Å². The largest absolute Gasteiger partial charge is 0.371 e. The molecule has 0 aliphatic rings. The van der Waals surface area contributed by atoms with E-state index in [-0.39, 0.29) is 13.2 Å². The van der Waals surface area contributed by atoms with E-state index >= 15 is 0 Å². The van der Waals surface area contributed by atoms with Crippen LogP contribution in [0.4, 0.5) is 8.78 Å². The Morgan fingerprint density at radius 1 is 1.12 bits per heavy atom. The van der Waals surface area contributed by atoms with Crippen molar-refractivity contribution in [1.29, 1.82) is 0 Å². The van der Waals surface area contributed by atoms with Gasteiger partial charge in [0.1, 0.15) is 0 Å². The van der Waals surface area contributed by atoms with Crippen molar-refractivity contribution in [3.05, 3.63) is 0 Å². The Morgan fingerprint density at radius 2 is 1.53 bits per heavy atom. The van der Waals surface area contributed by atoms with E-state index in [0.717, 1.165) is 19.8 Å². The molecule has 0 aliphatic carbocycles. The summed E-state index contributed by atoms with van der Waals surface area (Å²) in [4.78, 5) is 10.9. The SMILES string of the molecule is CCCCOP(OCCCC)C(F)(F)C(C)=O. The zero-order chi connectivity index (χ0) is 13.3. The first-order valence-electron chi connectivity index (χ1n) is 5.91. The van der Waals surface area contributed by atoms with E-state index in [4.69, 9.17) is 9.05 Å². The van der Waals surface area contributed by atoms with Crippen LogP contribution < -0.4 is 0 Å². The number of rotatable bonds is 10. The van der Waals surface area contributed by atoms with E-state index < -0.39 is 19.8 Å². The van der Waals surface area contributed by atoms with Crippen molar-refractivity contribution in [2.24, 2.45) is 0 Å². The standard InChI is InChI=1S/C11H21F2O3P/c1-4-6-8-15-17(16-9-7-5-2)11(12,13)10(3)14/h4-9H2,1-3H3. The second-order valence-electron chi connectivity index (χ2n) is 3.73. The van der Waals surface area contributed by atoms with Gasteiger partial charge in [-0.05, 0) is 12.8 Å². The van der Waals surface area contributed by atoms with Crippen molar-refractivity contribution < 1.29 is 22.6 Å². The van der Waals surface area contributed by atoms with Crippen LogP contribution in [0.15, 0.2) is 0 Å². The van der Waals surface area contributed by atoms with Gasteiger partial charge in [-0.25, -0.2) is 0 Å². The summed E-state index contributed by atoms with van der Waals surface area (Å²) in [7, 11) is -2.45. The number of hydrogen-bond donors (Lipinski definition) is 0. The van der Waals surface area contributed by atoms with Crippen LogP contribution in [0.5, 0.6) is 0 Å². The van der Waals surface area contributed by atoms with E-state index in [9.17, 15) is 13.6 Å². The Labute approximate surface area is 103 Å². The van der Waals surface area contributed by atoms with Crippen molar-refractivity contribution in [2.75, 3.05) is 13.2 Å². The van der Waals surface area contributed by atoms with Crippen molar-refractivity contribution in [3.8, 4) is 0 Å². The number of alkyl halides is 2. The van der Waals surface area contributed by atoms with E-state index in [2.05, 4.69) is 0 Å². The maximum atomic E-state index is 13.5. The summed E-state index contributed by atoms with van der Waals surface area (Å²) in [5.74, 6) is -1.20. The van der Waals surface area contributed by atoms with E-state index in [1.807, 2.05) is 13.8 Å². The van der Waals surface area contributed by atoms with Crippen LogP contribution in [0, 0.1) is 0 Å². The summed E-state index contributed by atoms with van der Waals surface area (Å²) < 4.78 is 37.0. The zero-order valence-corrected chi connectivity index (χ0v) is 11.6. The van der Waals surface area contributed by atoms with Crippen LogP contribution in [0.2, 0.25) is 0 Å². The number of Topliss-reactive ketones (excluding diaryl/α,β-unsaturated/α-hetero) is 1. The molecule has 0 atom stereocenters. The van der Waals surface area contributed by atoms with Crippen LogP contribution >= 0.6 is 8.38 Å². The molecule has 0 radical (unpaired) electrons. The Bertz CT molecular complexity index is 215. The fraction of sp³-hybridized carbons (Fsp3) is 0.909. The Balaban J connectivity index is 4.32. The fourth-order valence-electron chi connectivity index (χ4n) is 0.912. The highest BCUT2D eigenvalue weighted by atomic mass is 31.2. The quantitative estimate of drug-likeness (QED) is 0.442. The lowest BCUT2D eigenvalue weighted by Crippen LogP contribution is -2.26. The molecule has 0 aromatic rings. The van der Waals surface area contributed by atoms with Crippen LogP contribution in [0.25, 0.3) is 0 Å². The first kappa shape index (κ1) is 16.9. The Hall–Kier alpha value is -0.120. The maximum Gasteiger partial charge on any atom is 0.371 e. The van der Waals surface area contributed by atoms with Gasteiger partial charge in [0.15, 0.2) is 0 Å². The summed E-state index contributed by atoms with van der Waals surface area (Å²) >= 11 is 0. The highest BCUT2D eigenvalue weighted by molar-refractivity contribution is 7.49. The molecule has 0 fully saturated rings. The molecule has 0 aromatic carbocycles. The molecule has 0 bridgehead atoms. The van der Waals surface area contributed by atoms with Crippen molar-refractivity contribution in [2.45, 2.75) is 52.1 Å². The summed E-state index contributed by atoms with van der Waals surface area (Å²) in [5, 5.41) is 0. The molecule has 0 saturated heterocycles. The first-order valence-corrected chi connectivity index (χ1v) is 7.09. The molecule has 0 N–H and O–H groups in total. The molecule has 102 valence electrons. The molecular weight excluding hydrogens is 249 g/mol. The summed E-state index contributed by atoms with van der Waals surface area (Å²) in [6.45, 7) is 5.15. The lowest BCUT2D eigenvalue weighted by Gasteiger charge is -2.23. The summed E-state index contributed by atoms with van der Waals surface area (Å²) in [6.07, 6.45) is 3.07. The van der Waals surface area contributed by atoms with Crippen LogP contribution in [0.1, 0.15) is 46.5 Å². The fourth-order valence-corrected chi connectivity index (χ4v) is 2.16. The van der Waals surface area contributed by atoms with Gasteiger partial charge in [-0.15, -0.1) is 0 Å². The van der Waals surface area contributed by atoms with Gasteiger partial charge in [-0.1, -0.05) is 26.7 Å². The molecule has 0 saturated carbocycles. The number of carbonyl (C=O) groups excluding carboxylic acids is 1. The molecule has 0 heterocycles. The lowest BCUT2D eigenvalue weighted by molar-refractivity contribution is -0.132. The topological polar surface area (TPSA) is 35.5 Å². The van der Waals surface area contributed by atoms with E-state index in [1.54, 1.807) is 0 Å². The van der Waals surface area contributed by atoms with Crippen LogP contribution in [-0.2, 0) is 13.8 Å². The molecular formula is C11H21F2O3P. The summed E-state index contributed by atoms with van der Waals surface area (Å²) in [5.41, 5.74) is -3.50. The monoisotopic (exact) mass is 270 g/mol. The van der Waals surface area contributed by atoms with Gasteiger partial charge in [0.25, 0.3) is 8.38 Å². The molecule has 0 aliphatic heterocycles. The van der Waals surface area contributed by atoms with Crippen molar-refractivity contribution >= 4 is 14.2 Å². The van der Waals surface area contributed by atoms with Gasteiger partial charge in [0.2, 0.25) is 5.78 Å². The second-order valence-corrected chi connectivity index (χ2v) is 5.32. The van der Waals surface area contributed by atoms with Gasteiger partial charge < -0.3 is 9.05 Å². The molecule has 3 nitrogen and oxygen atoms in total. The highest BCUT2D eigenvalue weighted by Gasteiger charge is 2.47. The average molecular weight is 270 g/mol. The molecule has 0 spiro atoms. The third kappa shape index (κ3) is 6.39. The first-order chi connectivity index (χ1) is 7.96. The minimum atomic E-state index is -3.50. The molecule has 6 heteroatoms. The highest BCUT2D eigenvalue weighted by Crippen LogP contribution is 2.54. The molecule has 0 rings (SSSR count). The molecule has 0 unspecified atom stereocenters. The second kappa shape index (κ2) is 8.90. The zero-order valence-electron chi connectivity index (χ0n) is 10.7. The normalized spacial score (nSPS) is 12.1. The number of unbranched alkanes of at least 4 members (excludes halogenated alkanes) is 2.